The molecule has 28 heavy (non-hydrogen) atoms. The summed E-state index contributed by atoms with van der Waals surface area (Å²) in [4.78, 5) is 14.9. The maximum Gasteiger partial charge on any atom is 0.317 e. The van der Waals surface area contributed by atoms with Gasteiger partial charge >= 0.3 is 6.03 Å². The fraction of sp³-hybridized carbons (Fsp3) is 0.560. The molecule has 152 valence electrons. The average Bonchev–Trinajstić information content (AvgIpc) is 2.84. The summed E-state index contributed by atoms with van der Waals surface area (Å²) in [6.45, 7) is 4.40. The highest BCUT2D eigenvalue weighted by atomic mass is 16.2. The number of fused-ring (bicyclic) bond motifs is 1. The molecule has 2 aromatic carbocycles. The molecule has 1 aliphatic rings. The molecule has 1 aliphatic carbocycles. The van der Waals surface area contributed by atoms with Crippen molar-refractivity contribution >= 4 is 16.8 Å². The minimum atomic E-state index is -0.0122. The van der Waals surface area contributed by atoms with E-state index < -0.39 is 0 Å². The highest BCUT2D eigenvalue weighted by molar-refractivity contribution is 5.86. The van der Waals surface area contributed by atoms with Crippen molar-refractivity contribution in [2.75, 3.05) is 7.05 Å². The number of rotatable bonds is 4. The van der Waals surface area contributed by atoms with E-state index in [1.165, 1.54) is 54.9 Å². The Bertz CT molecular complexity index is 767. The van der Waals surface area contributed by atoms with E-state index in [1.54, 1.807) is 0 Å². The maximum atomic E-state index is 13.0. The summed E-state index contributed by atoms with van der Waals surface area (Å²) in [7, 11) is 1.98. The Kier molecular flexibility index (Phi) is 7.36. The second-order valence-electron chi connectivity index (χ2n) is 8.49. The third-order valence-corrected chi connectivity index (χ3v) is 6.62. The first-order valence-corrected chi connectivity index (χ1v) is 11.1. The van der Waals surface area contributed by atoms with E-state index in [0.717, 1.165) is 18.8 Å². The largest absolute Gasteiger partial charge is 0.331 e. The summed E-state index contributed by atoms with van der Waals surface area (Å²) in [5.41, 5.74) is 1.18. The van der Waals surface area contributed by atoms with Crippen LogP contribution < -0.4 is 5.32 Å². The summed E-state index contributed by atoms with van der Waals surface area (Å²) in [5, 5.41) is 5.68. The van der Waals surface area contributed by atoms with Gasteiger partial charge in [-0.05, 0) is 42.0 Å². The van der Waals surface area contributed by atoms with E-state index in [-0.39, 0.29) is 12.1 Å². The highest BCUT2D eigenvalue weighted by Gasteiger charge is 2.23. The van der Waals surface area contributed by atoms with Crippen LogP contribution in [0.15, 0.2) is 42.5 Å². The lowest BCUT2D eigenvalue weighted by molar-refractivity contribution is 0.178. The van der Waals surface area contributed by atoms with Gasteiger partial charge in [-0.3, -0.25) is 0 Å². The molecule has 0 aliphatic heterocycles. The molecule has 1 N–H and O–H groups in total. The Hall–Kier alpha value is -2.03. The molecule has 0 radical (unpaired) electrons. The molecule has 3 heteroatoms. The molecule has 3 nitrogen and oxygen atoms in total. The third kappa shape index (κ3) is 5.06. The fourth-order valence-electron chi connectivity index (χ4n) is 4.70. The van der Waals surface area contributed by atoms with Crippen molar-refractivity contribution in [3.05, 3.63) is 48.0 Å². The highest BCUT2D eigenvalue weighted by Crippen LogP contribution is 2.27. The molecule has 0 saturated heterocycles. The van der Waals surface area contributed by atoms with Gasteiger partial charge in [0.15, 0.2) is 0 Å². The zero-order valence-corrected chi connectivity index (χ0v) is 17.8. The Morgan fingerprint density at radius 2 is 1.71 bits per heavy atom. The Balaban J connectivity index is 1.64. The number of urea groups is 1. The molecule has 3 atom stereocenters. The minimum absolute atomic E-state index is 0.0122. The molecule has 0 heterocycles. The molecule has 0 aromatic heterocycles. The van der Waals surface area contributed by atoms with Crippen molar-refractivity contribution in [1.29, 1.82) is 0 Å². The van der Waals surface area contributed by atoms with Crippen molar-refractivity contribution in [3.63, 3.8) is 0 Å². The van der Waals surface area contributed by atoms with E-state index in [1.807, 2.05) is 11.9 Å². The Morgan fingerprint density at radius 1 is 1.04 bits per heavy atom. The van der Waals surface area contributed by atoms with Crippen LogP contribution in [-0.2, 0) is 0 Å². The second-order valence-corrected chi connectivity index (χ2v) is 8.49. The van der Waals surface area contributed by atoms with E-state index >= 15 is 0 Å². The van der Waals surface area contributed by atoms with Gasteiger partial charge in [-0.15, -0.1) is 0 Å². The van der Waals surface area contributed by atoms with Crippen LogP contribution in [0.4, 0.5) is 4.79 Å². The number of carbonyl (C=O) groups excluding carboxylic acids is 1. The summed E-state index contributed by atoms with van der Waals surface area (Å²) >= 11 is 0. The summed E-state index contributed by atoms with van der Waals surface area (Å²) in [6, 6.07) is 15.1. The molecule has 1 fully saturated rings. The van der Waals surface area contributed by atoms with Gasteiger partial charge in [0.2, 0.25) is 0 Å². The minimum Gasteiger partial charge on any atom is -0.331 e. The van der Waals surface area contributed by atoms with E-state index in [9.17, 15) is 4.79 Å². The standard InChI is InChI=1S/C25H36N2O/c1-4-20-11-5-7-15-22(16-9-12-20)27(3)25(28)26-19(2)23-18-10-14-21-13-6-8-17-24(21)23/h6,8,10,13-14,17-20,22H,4-5,7,9,11-12,15-16H2,1-3H3,(H,26,28). The zero-order valence-electron chi connectivity index (χ0n) is 17.8. The molecule has 1 saturated carbocycles. The number of hydrogen-bond acceptors (Lipinski definition) is 1. The van der Waals surface area contributed by atoms with Gasteiger partial charge in [0.1, 0.15) is 0 Å². The molecule has 2 aromatic rings. The van der Waals surface area contributed by atoms with Crippen molar-refractivity contribution in [2.24, 2.45) is 5.92 Å². The normalized spacial score (nSPS) is 22.0. The summed E-state index contributed by atoms with van der Waals surface area (Å²) in [5.74, 6) is 0.879. The molecule has 0 bridgehead atoms. The van der Waals surface area contributed by atoms with Crippen molar-refractivity contribution < 1.29 is 4.79 Å². The van der Waals surface area contributed by atoms with E-state index in [0.29, 0.717) is 6.04 Å². The van der Waals surface area contributed by atoms with Gasteiger partial charge in [-0.1, -0.05) is 87.9 Å². The van der Waals surface area contributed by atoms with Crippen LogP contribution in [-0.4, -0.2) is 24.0 Å². The van der Waals surface area contributed by atoms with Gasteiger partial charge in [0, 0.05) is 13.1 Å². The van der Waals surface area contributed by atoms with Gasteiger partial charge in [0.05, 0.1) is 6.04 Å². The first-order valence-electron chi connectivity index (χ1n) is 11.1. The zero-order chi connectivity index (χ0) is 19.9. The van der Waals surface area contributed by atoms with Gasteiger partial charge in [0.25, 0.3) is 0 Å². The predicted octanol–water partition coefficient (Wildman–Crippen LogP) is 6.68. The van der Waals surface area contributed by atoms with E-state index in [2.05, 4.69) is 61.6 Å². The number of nitrogens with one attached hydrogen (secondary N) is 1. The number of benzene rings is 2. The van der Waals surface area contributed by atoms with Crippen LogP contribution in [0.1, 0.15) is 76.8 Å². The lowest BCUT2D eigenvalue weighted by atomic mass is 9.94. The Morgan fingerprint density at radius 3 is 2.54 bits per heavy atom. The van der Waals surface area contributed by atoms with Crippen molar-refractivity contribution in [2.45, 2.75) is 77.3 Å². The quantitative estimate of drug-likeness (QED) is 0.630. The molecular formula is C25H36N2O. The number of nitrogens with zero attached hydrogens (tertiary/aromatic N) is 1. The van der Waals surface area contributed by atoms with Crippen molar-refractivity contribution in [1.82, 2.24) is 10.2 Å². The smallest absolute Gasteiger partial charge is 0.317 e. The lowest BCUT2D eigenvalue weighted by Crippen LogP contribution is -2.44. The maximum absolute atomic E-state index is 13.0. The first kappa shape index (κ1) is 20.7. The van der Waals surface area contributed by atoms with Crippen LogP contribution in [0.3, 0.4) is 0 Å². The number of carbonyl (C=O) groups is 1. The van der Waals surface area contributed by atoms with Crippen molar-refractivity contribution in [3.8, 4) is 0 Å². The Labute approximate surface area is 170 Å². The fourth-order valence-corrected chi connectivity index (χ4v) is 4.70. The number of hydrogen-bond donors (Lipinski definition) is 1. The van der Waals surface area contributed by atoms with E-state index in [4.69, 9.17) is 0 Å². The number of amides is 2. The van der Waals surface area contributed by atoms with Crippen LogP contribution in [0.25, 0.3) is 10.8 Å². The molecule has 3 unspecified atom stereocenters. The topological polar surface area (TPSA) is 32.3 Å². The summed E-state index contributed by atoms with van der Waals surface area (Å²) in [6.07, 6.45) is 10.00. The summed E-state index contributed by atoms with van der Waals surface area (Å²) < 4.78 is 0. The first-order chi connectivity index (χ1) is 13.6. The molecule has 2 amide bonds. The average molecular weight is 381 g/mol. The van der Waals surface area contributed by atoms with Crippen LogP contribution in [0.2, 0.25) is 0 Å². The van der Waals surface area contributed by atoms with Gasteiger partial charge in [-0.2, -0.15) is 0 Å². The monoisotopic (exact) mass is 380 g/mol. The van der Waals surface area contributed by atoms with Crippen LogP contribution in [0, 0.1) is 5.92 Å². The van der Waals surface area contributed by atoms with Gasteiger partial charge < -0.3 is 10.2 Å². The lowest BCUT2D eigenvalue weighted by Gasteiger charge is -2.30. The SMILES string of the molecule is CCC1CCCCC(N(C)C(=O)NC(C)c2cccc3ccccc23)CCC1. The second kappa shape index (κ2) is 9.95. The van der Waals surface area contributed by atoms with Crippen LogP contribution >= 0.6 is 0 Å². The van der Waals surface area contributed by atoms with Gasteiger partial charge in [-0.25, -0.2) is 4.79 Å². The molecular weight excluding hydrogens is 344 g/mol. The van der Waals surface area contributed by atoms with Crippen LogP contribution in [0.5, 0.6) is 0 Å². The molecule has 3 rings (SSSR count). The predicted molar refractivity (Wildman–Crippen MR) is 119 cm³/mol. The molecule has 0 spiro atoms. The third-order valence-electron chi connectivity index (χ3n) is 6.62.